The van der Waals surface area contributed by atoms with Crippen molar-refractivity contribution in [3.63, 3.8) is 0 Å². The van der Waals surface area contributed by atoms with E-state index in [4.69, 9.17) is 16.7 Å². The topological polar surface area (TPSA) is 100 Å². The number of hydrogen-bond acceptors (Lipinski definition) is 5. The second-order valence-corrected chi connectivity index (χ2v) is 12.3. The Balaban J connectivity index is 1.37. The summed E-state index contributed by atoms with van der Waals surface area (Å²) in [5.41, 5.74) is 2.84. The molecule has 0 aliphatic carbocycles. The van der Waals surface area contributed by atoms with Crippen molar-refractivity contribution in [1.82, 2.24) is 30.1 Å². The summed E-state index contributed by atoms with van der Waals surface area (Å²) < 4.78 is 42.5. The number of aromatic nitrogens is 5. The normalized spacial score (nSPS) is 20.2. The Kier molecular flexibility index (Phi) is 7.51. The molecule has 2 unspecified atom stereocenters. The van der Waals surface area contributed by atoms with E-state index in [0.717, 1.165) is 34.6 Å². The van der Waals surface area contributed by atoms with E-state index in [9.17, 15) is 22.8 Å². The van der Waals surface area contributed by atoms with Gasteiger partial charge in [-0.05, 0) is 62.9 Å². The average molecular weight is 626 g/mol. The fourth-order valence-corrected chi connectivity index (χ4v) is 6.54. The Labute approximate surface area is 257 Å². The summed E-state index contributed by atoms with van der Waals surface area (Å²) in [6, 6.07) is 9.87. The third-order valence-corrected chi connectivity index (χ3v) is 8.76. The van der Waals surface area contributed by atoms with Crippen LogP contribution in [0.4, 0.5) is 24.7 Å². The van der Waals surface area contributed by atoms with Crippen molar-refractivity contribution in [3.05, 3.63) is 76.1 Å². The number of halogens is 4. The number of nitrogens with zero attached hydrogens (tertiary/aromatic N) is 6. The fraction of sp³-hybridized carbons (Fsp3) is 0.387. The second kappa shape index (κ2) is 11.1. The molecule has 0 saturated carbocycles. The van der Waals surface area contributed by atoms with Crippen molar-refractivity contribution in [2.75, 3.05) is 11.4 Å². The zero-order chi connectivity index (χ0) is 31.5. The fourth-order valence-electron chi connectivity index (χ4n) is 6.31. The summed E-state index contributed by atoms with van der Waals surface area (Å²) in [6.07, 6.45) is -1.93. The first-order valence-electron chi connectivity index (χ1n) is 14.4. The van der Waals surface area contributed by atoms with Crippen LogP contribution in [0.5, 0.6) is 0 Å². The molecule has 0 spiro atoms. The lowest BCUT2D eigenvalue weighted by Gasteiger charge is -2.47. The van der Waals surface area contributed by atoms with Gasteiger partial charge in [-0.25, -0.2) is 4.68 Å². The first-order chi connectivity index (χ1) is 20.8. The van der Waals surface area contributed by atoms with Crippen LogP contribution in [-0.4, -0.2) is 54.5 Å². The lowest BCUT2D eigenvalue weighted by atomic mass is 9.84. The number of benzene rings is 2. The van der Waals surface area contributed by atoms with Crippen molar-refractivity contribution in [1.29, 1.82) is 0 Å². The molecular weight excluding hydrogens is 595 g/mol. The molecule has 4 aromatic rings. The van der Waals surface area contributed by atoms with E-state index in [2.05, 4.69) is 29.3 Å². The van der Waals surface area contributed by atoms with Crippen molar-refractivity contribution < 1.29 is 22.8 Å². The molecule has 1 fully saturated rings. The van der Waals surface area contributed by atoms with Gasteiger partial charge in [-0.15, -0.1) is 5.10 Å². The summed E-state index contributed by atoms with van der Waals surface area (Å²) in [5, 5.41) is 15.0. The lowest BCUT2D eigenvalue weighted by Crippen LogP contribution is -2.56. The molecule has 1 saturated heterocycles. The zero-order valence-corrected chi connectivity index (χ0v) is 25.3. The molecule has 0 bridgehead atoms. The van der Waals surface area contributed by atoms with Gasteiger partial charge < -0.3 is 4.90 Å². The third-order valence-electron chi connectivity index (χ3n) is 8.43. The molecule has 3 atom stereocenters. The van der Waals surface area contributed by atoms with Crippen molar-refractivity contribution in [2.45, 2.75) is 58.8 Å². The number of alkyl halides is 3. The number of anilines is 2. The Bertz CT molecular complexity index is 1730. The first-order valence-corrected chi connectivity index (χ1v) is 14.8. The van der Waals surface area contributed by atoms with Gasteiger partial charge in [-0.3, -0.25) is 19.6 Å². The highest BCUT2D eigenvalue weighted by Gasteiger charge is 2.48. The highest BCUT2D eigenvalue weighted by Crippen LogP contribution is 2.45. The number of carbonyl (C=O) groups excluding carboxylic acids is 2. The van der Waals surface area contributed by atoms with Crippen LogP contribution in [0.15, 0.2) is 48.7 Å². The number of nitrogens with one attached hydrogen (secondary N) is 1. The molecule has 44 heavy (non-hydrogen) atoms. The van der Waals surface area contributed by atoms with Crippen LogP contribution in [0.2, 0.25) is 5.02 Å². The minimum atomic E-state index is -4.70. The van der Waals surface area contributed by atoms with Crippen LogP contribution < -0.4 is 4.90 Å². The van der Waals surface area contributed by atoms with E-state index < -0.39 is 40.7 Å². The number of piperidine rings is 1. The highest BCUT2D eigenvalue weighted by atomic mass is 35.5. The van der Waals surface area contributed by atoms with Gasteiger partial charge in [0.2, 0.25) is 5.91 Å². The number of amides is 2. The Hall–Kier alpha value is -4.19. The smallest absolute Gasteiger partial charge is 0.334 e. The van der Waals surface area contributed by atoms with Crippen molar-refractivity contribution in [3.8, 4) is 11.3 Å². The zero-order valence-electron chi connectivity index (χ0n) is 24.6. The summed E-state index contributed by atoms with van der Waals surface area (Å²) >= 11 is 5.80. The van der Waals surface area contributed by atoms with E-state index >= 15 is 0 Å². The summed E-state index contributed by atoms with van der Waals surface area (Å²) in [5.74, 6) is -0.227. The predicted octanol–water partition coefficient (Wildman–Crippen LogP) is 6.62. The highest BCUT2D eigenvalue weighted by molar-refractivity contribution is 6.31. The quantitative estimate of drug-likeness (QED) is 0.269. The molecule has 2 aromatic heterocycles. The molecule has 2 aliphatic rings. The van der Waals surface area contributed by atoms with Gasteiger partial charge in [0.25, 0.3) is 5.91 Å². The Morgan fingerprint density at radius 2 is 1.89 bits per heavy atom. The maximum atomic E-state index is 14.3. The molecule has 13 heteroatoms. The van der Waals surface area contributed by atoms with Crippen LogP contribution in [0.25, 0.3) is 11.3 Å². The third kappa shape index (κ3) is 5.14. The number of aryl methyl sites for hydroxylation is 1. The van der Waals surface area contributed by atoms with Gasteiger partial charge in [0.15, 0.2) is 0 Å². The van der Waals surface area contributed by atoms with Crippen LogP contribution in [0.3, 0.4) is 0 Å². The number of aromatic amines is 1. The molecule has 2 aromatic carbocycles. The molecule has 230 valence electrons. The maximum absolute atomic E-state index is 14.3. The number of carbonyl (C=O) groups is 2. The molecule has 0 radical (unpaired) electrons. The van der Waals surface area contributed by atoms with E-state index in [0.29, 0.717) is 24.3 Å². The number of rotatable bonds is 5. The van der Waals surface area contributed by atoms with Crippen LogP contribution in [0.1, 0.15) is 60.4 Å². The molecule has 2 amide bonds. The second-order valence-electron chi connectivity index (χ2n) is 11.9. The Morgan fingerprint density at radius 1 is 1.16 bits per heavy atom. The van der Waals surface area contributed by atoms with E-state index in [1.807, 2.05) is 42.8 Å². The van der Waals surface area contributed by atoms with Gasteiger partial charge in [0.05, 0.1) is 45.8 Å². The van der Waals surface area contributed by atoms with Gasteiger partial charge in [0, 0.05) is 29.3 Å². The Morgan fingerprint density at radius 3 is 2.52 bits per heavy atom. The first kappa shape index (κ1) is 29.9. The van der Waals surface area contributed by atoms with Gasteiger partial charge in [-0.1, -0.05) is 42.8 Å². The summed E-state index contributed by atoms with van der Waals surface area (Å²) in [6.45, 7) is 7.96. The predicted molar refractivity (Wildman–Crippen MR) is 159 cm³/mol. The van der Waals surface area contributed by atoms with Gasteiger partial charge in [-0.2, -0.15) is 18.3 Å². The van der Waals surface area contributed by atoms with Crippen molar-refractivity contribution in [2.24, 2.45) is 11.8 Å². The van der Waals surface area contributed by atoms with Gasteiger partial charge >= 0.3 is 6.18 Å². The van der Waals surface area contributed by atoms with Crippen LogP contribution in [0, 0.1) is 18.8 Å². The van der Waals surface area contributed by atoms with E-state index in [-0.39, 0.29) is 23.9 Å². The molecule has 2 aliphatic heterocycles. The van der Waals surface area contributed by atoms with Gasteiger partial charge in [0.1, 0.15) is 5.82 Å². The molecular formula is C31H31ClF3N7O2. The van der Waals surface area contributed by atoms with Crippen LogP contribution >= 0.6 is 11.6 Å². The summed E-state index contributed by atoms with van der Waals surface area (Å²) in [7, 11) is 0. The SMILES string of the molecule is Cc1nn[nH]c1-c1ccc(N2C(=O)C3C[C@H](C)N(C(=O)c4ccc(Cl)c(C(F)(F)F)c4)CC3n3ncc(CC(C)C)c32)cc1. The number of H-pyrrole nitrogens is 1. The number of likely N-dealkylation sites (tertiary alicyclic amines) is 1. The van der Waals surface area contributed by atoms with Crippen molar-refractivity contribution >= 4 is 34.9 Å². The summed E-state index contributed by atoms with van der Waals surface area (Å²) in [4.78, 5) is 31.2. The molecule has 4 heterocycles. The minimum absolute atomic E-state index is 0.107. The molecule has 6 rings (SSSR count). The van der Waals surface area contributed by atoms with E-state index in [1.165, 1.54) is 11.0 Å². The lowest BCUT2D eigenvalue weighted by molar-refractivity contribution is -0.137. The maximum Gasteiger partial charge on any atom is 0.417 e. The number of hydrogen-bond donors (Lipinski definition) is 1. The average Bonchev–Trinajstić information content (AvgIpc) is 3.58. The molecule has 9 nitrogen and oxygen atoms in total. The monoisotopic (exact) mass is 625 g/mol. The largest absolute Gasteiger partial charge is 0.417 e. The van der Waals surface area contributed by atoms with E-state index in [1.54, 1.807) is 11.1 Å². The minimum Gasteiger partial charge on any atom is -0.334 e. The standard InChI is InChI=1S/C31H31ClF3N7O2/c1-16(2)11-21-14-36-42-26-15-40(29(43)20-7-10-25(32)24(13-20)31(33,34)35)17(3)12-23(26)30(44)41(28(21)42)22-8-5-19(6-9-22)27-18(4)37-39-38-27/h5-10,13-14,16-17,23,26H,11-12,15H2,1-4H3,(H,37,38,39)/t17-,23?,26?/m0/s1. The number of fused-ring (bicyclic) bond motifs is 3. The van der Waals surface area contributed by atoms with Crippen LogP contribution in [-0.2, 0) is 17.4 Å². The molecule has 1 N–H and O–H groups in total.